The number of anilines is 1. The Morgan fingerprint density at radius 1 is 1.00 bits per heavy atom. The molecule has 22 heavy (non-hydrogen) atoms. The van der Waals surface area contributed by atoms with Crippen LogP contribution in [0.25, 0.3) is 0 Å². The Morgan fingerprint density at radius 2 is 1.64 bits per heavy atom. The van der Waals surface area contributed by atoms with E-state index in [1.165, 1.54) is 18.5 Å². The molecular weight excluding hydrogens is 272 g/mol. The molecule has 1 atom stereocenters. The van der Waals surface area contributed by atoms with Gasteiger partial charge in [0.25, 0.3) is 5.91 Å². The molecule has 0 spiro atoms. The van der Waals surface area contributed by atoms with Crippen LogP contribution in [0.5, 0.6) is 0 Å². The van der Waals surface area contributed by atoms with E-state index in [0.717, 1.165) is 18.7 Å². The lowest BCUT2D eigenvalue weighted by Crippen LogP contribution is -2.26. The predicted octanol–water partition coefficient (Wildman–Crippen LogP) is 3.78. The van der Waals surface area contributed by atoms with Crippen LogP contribution in [0.4, 0.5) is 5.69 Å². The first-order valence-electron chi connectivity index (χ1n) is 7.95. The Bertz CT molecular complexity index is 616. The van der Waals surface area contributed by atoms with Crippen molar-refractivity contribution >= 4 is 11.6 Å². The average Bonchev–Trinajstić information content (AvgIpc) is 3.10. The summed E-state index contributed by atoms with van der Waals surface area (Å²) in [5, 5.41) is 3.05. The molecule has 1 fully saturated rings. The van der Waals surface area contributed by atoms with Crippen LogP contribution in [0.3, 0.4) is 0 Å². The van der Waals surface area contributed by atoms with Gasteiger partial charge in [0, 0.05) is 24.3 Å². The second-order valence-electron chi connectivity index (χ2n) is 5.85. The van der Waals surface area contributed by atoms with Crippen LogP contribution in [0.2, 0.25) is 0 Å². The van der Waals surface area contributed by atoms with Gasteiger partial charge in [0.05, 0.1) is 6.04 Å². The van der Waals surface area contributed by atoms with Gasteiger partial charge in [0.15, 0.2) is 0 Å². The summed E-state index contributed by atoms with van der Waals surface area (Å²) in [6, 6.07) is 18.0. The quantitative estimate of drug-likeness (QED) is 0.930. The molecule has 114 valence electrons. The minimum atomic E-state index is -0.0238. The number of benzene rings is 2. The molecule has 3 heteroatoms. The van der Waals surface area contributed by atoms with Gasteiger partial charge in [0.1, 0.15) is 0 Å². The maximum Gasteiger partial charge on any atom is 0.251 e. The molecule has 0 aliphatic carbocycles. The third-order valence-electron chi connectivity index (χ3n) is 4.25. The van der Waals surface area contributed by atoms with Crippen LogP contribution in [0, 0.1) is 0 Å². The zero-order valence-corrected chi connectivity index (χ0v) is 13.0. The van der Waals surface area contributed by atoms with Gasteiger partial charge in [-0.2, -0.15) is 0 Å². The Labute approximate surface area is 132 Å². The highest BCUT2D eigenvalue weighted by molar-refractivity contribution is 5.94. The number of nitrogens with one attached hydrogen (secondary N) is 1. The van der Waals surface area contributed by atoms with Crippen molar-refractivity contribution in [2.24, 2.45) is 0 Å². The number of amides is 1. The Balaban J connectivity index is 1.64. The van der Waals surface area contributed by atoms with E-state index >= 15 is 0 Å². The van der Waals surface area contributed by atoms with Gasteiger partial charge < -0.3 is 10.2 Å². The molecule has 1 N–H and O–H groups in total. The van der Waals surface area contributed by atoms with Gasteiger partial charge in [-0.25, -0.2) is 0 Å². The normalized spacial score (nSPS) is 15.6. The Hall–Kier alpha value is -2.29. The third-order valence-corrected chi connectivity index (χ3v) is 4.25. The van der Waals surface area contributed by atoms with Crippen molar-refractivity contribution in [1.82, 2.24) is 5.32 Å². The number of nitrogens with zero attached hydrogens (tertiary/aromatic N) is 1. The molecular formula is C19H22N2O. The summed E-state index contributed by atoms with van der Waals surface area (Å²) in [5.74, 6) is -0.0238. The van der Waals surface area contributed by atoms with Crippen molar-refractivity contribution in [2.75, 3.05) is 18.0 Å². The summed E-state index contributed by atoms with van der Waals surface area (Å²) in [6.07, 6.45) is 2.52. The summed E-state index contributed by atoms with van der Waals surface area (Å²) < 4.78 is 0. The minimum absolute atomic E-state index is 0.00644. The van der Waals surface area contributed by atoms with Crippen LogP contribution < -0.4 is 10.2 Å². The standard InChI is InChI=1S/C19H22N2O/c1-15(16-7-3-2-4-8-16)20-19(22)17-9-11-18(12-10-17)21-13-5-6-14-21/h2-4,7-12,15H,5-6,13-14H2,1H3,(H,20,22). The molecule has 3 nitrogen and oxygen atoms in total. The van der Waals surface area contributed by atoms with Crippen molar-refractivity contribution in [3.05, 3.63) is 65.7 Å². The second-order valence-corrected chi connectivity index (χ2v) is 5.85. The maximum absolute atomic E-state index is 12.3. The minimum Gasteiger partial charge on any atom is -0.372 e. The number of carbonyl (C=O) groups excluding carboxylic acids is 1. The molecule has 3 rings (SSSR count). The van der Waals surface area contributed by atoms with E-state index in [4.69, 9.17) is 0 Å². The van der Waals surface area contributed by atoms with E-state index in [9.17, 15) is 4.79 Å². The SMILES string of the molecule is CC(NC(=O)c1ccc(N2CCCC2)cc1)c1ccccc1. The molecule has 1 amide bonds. The van der Waals surface area contributed by atoms with Crippen molar-refractivity contribution in [3.63, 3.8) is 0 Å². The van der Waals surface area contributed by atoms with Gasteiger partial charge in [-0.3, -0.25) is 4.79 Å². The molecule has 0 aromatic heterocycles. The first-order chi connectivity index (χ1) is 10.7. The highest BCUT2D eigenvalue weighted by Gasteiger charge is 2.14. The molecule has 1 unspecified atom stereocenters. The van der Waals surface area contributed by atoms with Crippen molar-refractivity contribution in [1.29, 1.82) is 0 Å². The summed E-state index contributed by atoms with van der Waals surface area (Å²) in [7, 11) is 0. The first-order valence-corrected chi connectivity index (χ1v) is 7.95. The summed E-state index contributed by atoms with van der Waals surface area (Å²) >= 11 is 0. The highest BCUT2D eigenvalue weighted by atomic mass is 16.1. The van der Waals surface area contributed by atoms with Crippen LogP contribution in [-0.2, 0) is 0 Å². The van der Waals surface area contributed by atoms with Gasteiger partial charge in [0.2, 0.25) is 0 Å². The van der Waals surface area contributed by atoms with E-state index in [1.54, 1.807) is 0 Å². The molecule has 1 heterocycles. The highest BCUT2D eigenvalue weighted by Crippen LogP contribution is 2.21. The first kappa shape index (κ1) is 14.6. The van der Waals surface area contributed by atoms with Crippen molar-refractivity contribution in [3.8, 4) is 0 Å². The zero-order chi connectivity index (χ0) is 15.4. The average molecular weight is 294 g/mol. The molecule has 0 bridgehead atoms. The zero-order valence-electron chi connectivity index (χ0n) is 13.0. The molecule has 2 aromatic rings. The fourth-order valence-electron chi connectivity index (χ4n) is 2.90. The molecule has 0 saturated carbocycles. The molecule has 1 saturated heterocycles. The summed E-state index contributed by atoms with van der Waals surface area (Å²) in [4.78, 5) is 14.7. The van der Waals surface area contributed by atoms with Crippen molar-refractivity contribution < 1.29 is 4.79 Å². The lowest BCUT2D eigenvalue weighted by atomic mass is 10.1. The number of rotatable bonds is 4. The number of hydrogen-bond acceptors (Lipinski definition) is 2. The maximum atomic E-state index is 12.3. The predicted molar refractivity (Wildman–Crippen MR) is 90.2 cm³/mol. The number of hydrogen-bond donors (Lipinski definition) is 1. The van der Waals surface area contributed by atoms with Crippen LogP contribution in [0.15, 0.2) is 54.6 Å². The summed E-state index contributed by atoms with van der Waals surface area (Å²) in [6.45, 7) is 4.25. The lowest BCUT2D eigenvalue weighted by molar-refractivity contribution is 0.0940. The largest absolute Gasteiger partial charge is 0.372 e. The monoisotopic (exact) mass is 294 g/mol. The van der Waals surface area contributed by atoms with Crippen molar-refractivity contribution in [2.45, 2.75) is 25.8 Å². The molecule has 1 aliphatic heterocycles. The lowest BCUT2D eigenvalue weighted by Gasteiger charge is -2.18. The van der Waals surface area contributed by atoms with Gasteiger partial charge in [-0.1, -0.05) is 30.3 Å². The summed E-state index contributed by atoms with van der Waals surface area (Å²) in [5.41, 5.74) is 3.04. The molecule has 2 aromatic carbocycles. The third kappa shape index (κ3) is 3.30. The topological polar surface area (TPSA) is 32.3 Å². The molecule has 0 radical (unpaired) electrons. The van der Waals surface area contributed by atoms with Crippen LogP contribution in [0.1, 0.15) is 41.7 Å². The van der Waals surface area contributed by atoms with Crippen LogP contribution >= 0.6 is 0 Å². The Morgan fingerprint density at radius 3 is 2.27 bits per heavy atom. The van der Waals surface area contributed by atoms with E-state index in [0.29, 0.717) is 5.56 Å². The number of carbonyl (C=O) groups is 1. The van der Waals surface area contributed by atoms with E-state index in [1.807, 2.05) is 61.5 Å². The van der Waals surface area contributed by atoms with Gasteiger partial charge in [-0.05, 0) is 49.6 Å². The van der Waals surface area contributed by atoms with E-state index in [-0.39, 0.29) is 11.9 Å². The van der Waals surface area contributed by atoms with Gasteiger partial charge in [-0.15, -0.1) is 0 Å². The smallest absolute Gasteiger partial charge is 0.251 e. The second kappa shape index (κ2) is 6.65. The fourth-order valence-corrected chi connectivity index (χ4v) is 2.90. The Kier molecular flexibility index (Phi) is 4.42. The van der Waals surface area contributed by atoms with Crippen LogP contribution in [-0.4, -0.2) is 19.0 Å². The fraction of sp³-hybridized carbons (Fsp3) is 0.316. The van der Waals surface area contributed by atoms with E-state index < -0.39 is 0 Å². The van der Waals surface area contributed by atoms with E-state index in [2.05, 4.69) is 10.2 Å². The molecule has 1 aliphatic rings. The van der Waals surface area contributed by atoms with Gasteiger partial charge >= 0.3 is 0 Å².